The molecule has 5 fully saturated rings. The van der Waals surface area contributed by atoms with Gasteiger partial charge in [-0.1, -0.05) is 12.8 Å². The molecule has 5 aliphatic carbocycles. The molecule has 0 aliphatic heterocycles. The maximum Gasteiger partial charge on any atom is 0.312 e. The van der Waals surface area contributed by atoms with Crippen molar-refractivity contribution in [1.82, 2.24) is 5.32 Å². The smallest absolute Gasteiger partial charge is 0.312 e. The van der Waals surface area contributed by atoms with Crippen molar-refractivity contribution in [2.24, 2.45) is 17.3 Å². The molecule has 5 aliphatic rings. The largest absolute Gasteiger partial charge is 0.455 e. The van der Waals surface area contributed by atoms with E-state index in [1.54, 1.807) is 0 Å². The minimum Gasteiger partial charge on any atom is -0.455 e. The first-order valence-corrected chi connectivity index (χ1v) is 9.50. The number of alkyl halides is 1. The van der Waals surface area contributed by atoms with Crippen LogP contribution in [-0.4, -0.2) is 29.4 Å². The van der Waals surface area contributed by atoms with Gasteiger partial charge in [0.1, 0.15) is 0 Å². The molecule has 1 N–H and O–H groups in total. The first kappa shape index (κ1) is 15.7. The summed E-state index contributed by atoms with van der Waals surface area (Å²) in [5, 5.41) is 2.97. The number of hydrogen-bond donors (Lipinski definition) is 1. The van der Waals surface area contributed by atoms with E-state index >= 15 is 0 Å². The van der Waals surface area contributed by atoms with Crippen LogP contribution < -0.4 is 5.32 Å². The predicted octanol–water partition coefficient (Wildman–Crippen LogP) is 3.17. The van der Waals surface area contributed by atoms with Gasteiger partial charge in [0.15, 0.2) is 6.61 Å². The van der Waals surface area contributed by atoms with Crippen LogP contribution in [0.2, 0.25) is 0 Å². The first-order valence-electron chi connectivity index (χ1n) is 9.12. The minimum atomic E-state index is -0.417. The molecule has 0 aromatic rings. The lowest BCUT2D eigenvalue weighted by atomic mass is 9.49. The molecule has 128 valence electrons. The molecule has 0 heterocycles. The summed E-state index contributed by atoms with van der Waals surface area (Å²) in [5.41, 5.74) is -0.417. The summed E-state index contributed by atoms with van der Waals surface area (Å²) in [7, 11) is 0. The highest BCUT2D eigenvalue weighted by Gasteiger charge is 2.60. The van der Waals surface area contributed by atoms with E-state index in [1.165, 1.54) is 19.3 Å². The van der Waals surface area contributed by atoms with E-state index in [1.807, 2.05) is 0 Å². The summed E-state index contributed by atoms with van der Waals surface area (Å²) in [5.74, 6) is 0.788. The van der Waals surface area contributed by atoms with Crippen molar-refractivity contribution >= 4 is 23.5 Å². The normalized spacial score (nSPS) is 42.0. The van der Waals surface area contributed by atoms with Crippen LogP contribution in [0, 0.1) is 17.3 Å². The highest BCUT2D eigenvalue weighted by molar-refractivity contribution is 6.24. The van der Waals surface area contributed by atoms with E-state index in [0.717, 1.165) is 44.9 Å². The Morgan fingerprint density at radius 3 is 2.35 bits per heavy atom. The molecular formula is C18H26ClNO3. The third-order valence-electron chi connectivity index (χ3n) is 6.48. The SMILES string of the molecule is O=C(COC(=O)C12C[C@@H]3C[C@H](CC(Cl)(C3)C1)C2)NC1CCCC1. The average Bonchev–Trinajstić information content (AvgIpc) is 2.95. The van der Waals surface area contributed by atoms with Gasteiger partial charge in [-0.05, 0) is 63.2 Å². The van der Waals surface area contributed by atoms with Gasteiger partial charge in [-0.25, -0.2) is 0 Å². The maximum atomic E-state index is 12.7. The Balaban J connectivity index is 1.34. The predicted molar refractivity (Wildman–Crippen MR) is 87.1 cm³/mol. The fraction of sp³-hybridized carbons (Fsp3) is 0.889. The van der Waals surface area contributed by atoms with Crippen molar-refractivity contribution in [2.45, 2.75) is 75.1 Å². The molecule has 0 spiro atoms. The topological polar surface area (TPSA) is 55.4 Å². The molecule has 0 aromatic carbocycles. The number of nitrogens with one attached hydrogen (secondary N) is 1. The van der Waals surface area contributed by atoms with E-state index in [9.17, 15) is 9.59 Å². The van der Waals surface area contributed by atoms with E-state index in [2.05, 4.69) is 5.32 Å². The van der Waals surface area contributed by atoms with Gasteiger partial charge < -0.3 is 10.1 Å². The Bertz CT molecular complexity index is 500. The van der Waals surface area contributed by atoms with Crippen LogP contribution in [0.15, 0.2) is 0 Å². The molecule has 4 bridgehead atoms. The van der Waals surface area contributed by atoms with Crippen molar-refractivity contribution < 1.29 is 14.3 Å². The van der Waals surface area contributed by atoms with Crippen molar-refractivity contribution in [1.29, 1.82) is 0 Å². The van der Waals surface area contributed by atoms with E-state index in [-0.39, 0.29) is 29.4 Å². The Hall–Kier alpha value is -0.770. The summed E-state index contributed by atoms with van der Waals surface area (Å²) in [6.45, 7) is -0.137. The fourth-order valence-electron chi connectivity index (χ4n) is 6.01. The Morgan fingerprint density at radius 1 is 1.09 bits per heavy atom. The summed E-state index contributed by atoms with van der Waals surface area (Å²) in [6.07, 6.45) is 10.3. The standard InChI is InChI=1S/C18H26ClNO3/c19-18-8-12-5-13(9-18)7-17(6-12,11-18)16(22)23-10-15(21)20-14-3-1-2-4-14/h12-14H,1-11H2,(H,20,21)/t12-,13-,17?,18?/m0/s1. The van der Waals surface area contributed by atoms with Gasteiger partial charge in [0.05, 0.1) is 5.41 Å². The van der Waals surface area contributed by atoms with Crippen LogP contribution in [0.25, 0.3) is 0 Å². The lowest BCUT2D eigenvalue weighted by molar-refractivity contribution is -0.171. The number of esters is 1. The number of carbonyl (C=O) groups is 2. The highest BCUT2D eigenvalue weighted by atomic mass is 35.5. The van der Waals surface area contributed by atoms with Crippen molar-refractivity contribution in [3.8, 4) is 0 Å². The van der Waals surface area contributed by atoms with E-state index in [4.69, 9.17) is 16.3 Å². The highest BCUT2D eigenvalue weighted by Crippen LogP contribution is 2.64. The quantitative estimate of drug-likeness (QED) is 0.632. The molecule has 23 heavy (non-hydrogen) atoms. The van der Waals surface area contributed by atoms with Crippen molar-refractivity contribution in [2.75, 3.05) is 6.61 Å². The lowest BCUT2D eigenvalue weighted by Crippen LogP contribution is -2.56. The van der Waals surface area contributed by atoms with Gasteiger partial charge in [-0.15, -0.1) is 11.6 Å². The van der Waals surface area contributed by atoms with Crippen LogP contribution in [0.3, 0.4) is 0 Å². The monoisotopic (exact) mass is 339 g/mol. The minimum absolute atomic E-state index is 0.137. The number of ether oxygens (including phenoxy) is 1. The Kier molecular flexibility index (Phi) is 3.86. The van der Waals surface area contributed by atoms with Crippen molar-refractivity contribution in [3.63, 3.8) is 0 Å². The van der Waals surface area contributed by atoms with Crippen LogP contribution in [0.5, 0.6) is 0 Å². The van der Waals surface area contributed by atoms with Gasteiger partial charge in [-0.3, -0.25) is 9.59 Å². The summed E-state index contributed by atoms with van der Waals surface area (Å²) in [4.78, 5) is 24.5. The molecule has 0 saturated heterocycles. The molecule has 5 rings (SSSR count). The van der Waals surface area contributed by atoms with Crippen LogP contribution in [-0.2, 0) is 14.3 Å². The summed E-state index contributed by atoms with van der Waals surface area (Å²) < 4.78 is 5.43. The molecule has 1 amide bonds. The number of halogens is 1. The third-order valence-corrected chi connectivity index (χ3v) is 6.92. The molecule has 2 atom stereocenters. The number of rotatable bonds is 4. The van der Waals surface area contributed by atoms with E-state index in [0.29, 0.717) is 11.8 Å². The molecule has 0 aromatic heterocycles. The van der Waals surface area contributed by atoms with Gasteiger partial charge in [0.25, 0.3) is 5.91 Å². The molecular weight excluding hydrogens is 314 g/mol. The zero-order chi connectivity index (χ0) is 16.1. The Morgan fingerprint density at radius 2 is 1.74 bits per heavy atom. The van der Waals surface area contributed by atoms with Gasteiger partial charge in [-0.2, -0.15) is 0 Å². The number of amides is 1. The van der Waals surface area contributed by atoms with Crippen molar-refractivity contribution in [3.05, 3.63) is 0 Å². The van der Waals surface area contributed by atoms with E-state index < -0.39 is 5.41 Å². The summed E-state index contributed by atoms with van der Waals surface area (Å²) >= 11 is 6.75. The second-order valence-electron chi connectivity index (χ2n) is 8.52. The zero-order valence-corrected chi connectivity index (χ0v) is 14.4. The lowest BCUT2D eigenvalue weighted by Gasteiger charge is -2.58. The van der Waals surface area contributed by atoms with Gasteiger partial charge >= 0.3 is 5.97 Å². The van der Waals surface area contributed by atoms with Crippen LogP contribution in [0.1, 0.15) is 64.2 Å². The van der Waals surface area contributed by atoms with Gasteiger partial charge in [0, 0.05) is 10.9 Å². The van der Waals surface area contributed by atoms with Crippen LogP contribution >= 0.6 is 11.6 Å². The maximum absolute atomic E-state index is 12.7. The average molecular weight is 340 g/mol. The molecule has 0 radical (unpaired) electrons. The second-order valence-corrected chi connectivity index (χ2v) is 9.32. The van der Waals surface area contributed by atoms with Gasteiger partial charge in [0.2, 0.25) is 0 Å². The zero-order valence-electron chi connectivity index (χ0n) is 13.6. The number of carbonyl (C=O) groups excluding carboxylic acids is 2. The molecule has 4 nitrogen and oxygen atoms in total. The molecule has 0 unspecified atom stereocenters. The second kappa shape index (κ2) is 5.65. The Labute approximate surface area is 142 Å². The fourth-order valence-corrected chi connectivity index (χ4v) is 6.71. The van der Waals surface area contributed by atoms with Crippen LogP contribution in [0.4, 0.5) is 0 Å². The third kappa shape index (κ3) is 2.99. The molecule has 5 saturated carbocycles. The first-order chi connectivity index (χ1) is 11.0. The number of hydrogen-bond acceptors (Lipinski definition) is 3. The summed E-state index contributed by atoms with van der Waals surface area (Å²) in [6, 6.07) is 0.270. The molecule has 5 heteroatoms.